The van der Waals surface area contributed by atoms with Crippen molar-refractivity contribution >= 4 is 11.9 Å². The van der Waals surface area contributed by atoms with Gasteiger partial charge in [-0.05, 0) is 98.9 Å². The van der Waals surface area contributed by atoms with Crippen molar-refractivity contribution in [1.82, 2.24) is 0 Å². The maximum Gasteiger partial charge on any atom is 0.343 e. The minimum atomic E-state index is -0.443. The number of carbonyl (C=O) groups is 2. The lowest BCUT2D eigenvalue weighted by Gasteiger charge is -2.25. The highest BCUT2D eigenvalue weighted by atomic mass is 16.5. The van der Waals surface area contributed by atoms with Gasteiger partial charge in [-0.15, -0.1) is 0 Å². The molecule has 0 bridgehead atoms. The normalized spacial score (nSPS) is 18.0. The second-order valence-electron chi connectivity index (χ2n) is 10.8. The number of hydrogen-bond donors (Lipinski definition) is 0. The summed E-state index contributed by atoms with van der Waals surface area (Å²) in [5, 5.41) is 0. The standard InChI is InChI=1S/C34H46O5/c1-4-6-8-12-27-13-15-28(16-14-27)33(35)38-31-21-23-32(24-22-31)39-34(36)29-17-19-30(20-18-29)37-25-10-7-9-11-26(3)5-2/h8,12,17-24,26-28H,4-7,9-11,13-16,25H2,1-3H3/t26-,27?,28?/m0/s1. The van der Waals surface area contributed by atoms with E-state index in [9.17, 15) is 9.59 Å². The van der Waals surface area contributed by atoms with E-state index in [1.807, 2.05) is 0 Å². The van der Waals surface area contributed by atoms with E-state index in [2.05, 4.69) is 32.9 Å². The minimum Gasteiger partial charge on any atom is -0.494 e. The molecule has 0 saturated heterocycles. The minimum absolute atomic E-state index is 0.0557. The summed E-state index contributed by atoms with van der Waals surface area (Å²) < 4.78 is 16.9. The van der Waals surface area contributed by atoms with E-state index in [0.29, 0.717) is 29.6 Å². The van der Waals surface area contributed by atoms with Crippen molar-refractivity contribution < 1.29 is 23.8 Å². The fourth-order valence-electron chi connectivity index (χ4n) is 4.80. The van der Waals surface area contributed by atoms with Crippen LogP contribution in [0.3, 0.4) is 0 Å². The van der Waals surface area contributed by atoms with Gasteiger partial charge in [-0.25, -0.2) is 4.79 Å². The molecule has 0 aromatic heterocycles. The van der Waals surface area contributed by atoms with E-state index in [1.54, 1.807) is 48.5 Å². The highest BCUT2D eigenvalue weighted by Crippen LogP contribution is 2.31. The van der Waals surface area contributed by atoms with Crippen LogP contribution < -0.4 is 14.2 Å². The Morgan fingerprint density at radius 1 is 0.846 bits per heavy atom. The molecular formula is C34H46O5. The van der Waals surface area contributed by atoms with Crippen molar-refractivity contribution in [3.8, 4) is 17.2 Å². The average Bonchev–Trinajstić information content (AvgIpc) is 2.96. The SMILES string of the molecule is CCCC=CC1CCC(C(=O)Oc2ccc(OC(=O)c3ccc(OCCCCC[C@@H](C)CC)cc3)cc2)CC1. The Labute approximate surface area is 234 Å². The maximum absolute atomic E-state index is 12.6. The number of esters is 2. The van der Waals surface area contributed by atoms with E-state index < -0.39 is 5.97 Å². The molecule has 1 aliphatic carbocycles. The molecule has 1 saturated carbocycles. The summed E-state index contributed by atoms with van der Waals surface area (Å²) in [5.74, 6) is 2.31. The molecule has 0 amide bonds. The van der Waals surface area contributed by atoms with Crippen LogP contribution in [-0.4, -0.2) is 18.5 Å². The molecule has 5 nitrogen and oxygen atoms in total. The van der Waals surface area contributed by atoms with Gasteiger partial charge in [-0.1, -0.05) is 65.0 Å². The predicted octanol–water partition coefficient (Wildman–Crippen LogP) is 8.96. The molecule has 212 valence electrons. The van der Waals surface area contributed by atoms with Gasteiger partial charge in [0, 0.05) is 0 Å². The zero-order valence-corrected chi connectivity index (χ0v) is 24.0. The number of ether oxygens (including phenoxy) is 3. The van der Waals surface area contributed by atoms with Gasteiger partial charge in [0.2, 0.25) is 0 Å². The molecule has 0 heterocycles. The van der Waals surface area contributed by atoms with Crippen LogP contribution in [0.25, 0.3) is 0 Å². The van der Waals surface area contributed by atoms with Crippen molar-refractivity contribution in [2.75, 3.05) is 6.61 Å². The zero-order chi connectivity index (χ0) is 27.9. The van der Waals surface area contributed by atoms with Crippen molar-refractivity contribution in [3.05, 3.63) is 66.2 Å². The van der Waals surface area contributed by atoms with Crippen LogP contribution in [0, 0.1) is 17.8 Å². The lowest BCUT2D eigenvalue weighted by Crippen LogP contribution is -2.25. The maximum atomic E-state index is 12.6. The lowest BCUT2D eigenvalue weighted by atomic mass is 9.82. The average molecular weight is 535 g/mol. The number of unbranched alkanes of at least 4 members (excludes halogenated alkanes) is 3. The molecule has 0 spiro atoms. The van der Waals surface area contributed by atoms with Gasteiger partial charge in [0.05, 0.1) is 18.1 Å². The fraction of sp³-hybridized carbons (Fsp3) is 0.529. The molecule has 3 rings (SSSR count). The fourth-order valence-corrected chi connectivity index (χ4v) is 4.80. The third-order valence-corrected chi connectivity index (χ3v) is 7.62. The Hall–Kier alpha value is -3.08. The van der Waals surface area contributed by atoms with Crippen LogP contribution >= 0.6 is 0 Å². The Morgan fingerprint density at radius 3 is 2.13 bits per heavy atom. The molecule has 2 aromatic rings. The van der Waals surface area contributed by atoms with Gasteiger partial charge in [0.15, 0.2) is 0 Å². The topological polar surface area (TPSA) is 61.8 Å². The highest BCUT2D eigenvalue weighted by molar-refractivity contribution is 5.91. The summed E-state index contributed by atoms with van der Waals surface area (Å²) in [4.78, 5) is 25.2. The zero-order valence-electron chi connectivity index (χ0n) is 24.0. The van der Waals surface area contributed by atoms with Gasteiger partial charge in [0.25, 0.3) is 0 Å². The van der Waals surface area contributed by atoms with Gasteiger partial charge in [-0.2, -0.15) is 0 Å². The summed E-state index contributed by atoms with van der Waals surface area (Å²) in [7, 11) is 0. The first-order valence-electron chi connectivity index (χ1n) is 14.9. The Morgan fingerprint density at radius 2 is 1.49 bits per heavy atom. The molecule has 2 aromatic carbocycles. The van der Waals surface area contributed by atoms with Crippen molar-refractivity contribution in [2.45, 2.75) is 91.4 Å². The lowest BCUT2D eigenvalue weighted by molar-refractivity contribution is -0.140. The Bertz CT molecular complexity index is 1020. The smallest absolute Gasteiger partial charge is 0.343 e. The van der Waals surface area contributed by atoms with Crippen LogP contribution in [0.5, 0.6) is 17.2 Å². The van der Waals surface area contributed by atoms with Crippen LogP contribution in [-0.2, 0) is 4.79 Å². The first-order valence-corrected chi connectivity index (χ1v) is 14.9. The second kappa shape index (κ2) is 16.8. The van der Waals surface area contributed by atoms with Gasteiger partial charge < -0.3 is 14.2 Å². The van der Waals surface area contributed by atoms with Crippen molar-refractivity contribution in [2.24, 2.45) is 17.8 Å². The van der Waals surface area contributed by atoms with E-state index in [0.717, 1.165) is 56.6 Å². The summed E-state index contributed by atoms with van der Waals surface area (Å²) in [6.07, 6.45) is 16.6. The van der Waals surface area contributed by atoms with Crippen LogP contribution in [0.1, 0.15) is 102 Å². The first-order chi connectivity index (χ1) is 19.0. The van der Waals surface area contributed by atoms with E-state index in [4.69, 9.17) is 14.2 Å². The molecule has 0 radical (unpaired) electrons. The summed E-state index contributed by atoms with van der Waals surface area (Å²) in [5.41, 5.74) is 0.451. The quantitative estimate of drug-likeness (QED) is 0.0987. The molecule has 0 unspecified atom stereocenters. The molecule has 1 fully saturated rings. The number of hydrogen-bond acceptors (Lipinski definition) is 5. The van der Waals surface area contributed by atoms with E-state index >= 15 is 0 Å². The molecular weight excluding hydrogens is 488 g/mol. The van der Waals surface area contributed by atoms with Gasteiger partial charge >= 0.3 is 11.9 Å². The van der Waals surface area contributed by atoms with E-state index in [1.165, 1.54) is 25.7 Å². The number of allylic oxidation sites excluding steroid dienone is 2. The molecule has 1 aliphatic rings. The first kappa shape index (κ1) is 30.5. The van der Waals surface area contributed by atoms with Crippen LogP contribution in [0.15, 0.2) is 60.7 Å². The Kier molecular flexibility index (Phi) is 13.1. The summed E-state index contributed by atoms with van der Waals surface area (Å²) >= 11 is 0. The monoisotopic (exact) mass is 534 g/mol. The largest absolute Gasteiger partial charge is 0.494 e. The number of rotatable bonds is 15. The van der Waals surface area contributed by atoms with Crippen LogP contribution in [0.4, 0.5) is 0 Å². The number of carbonyl (C=O) groups excluding carboxylic acids is 2. The molecule has 39 heavy (non-hydrogen) atoms. The molecule has 0 aliphatic heterocycles. The molecule has 0 N–H and O–H groups in total. The predicted molar refractivity (Wildman–Crippen MR) is 156 cm³/mol. The van der Waals surface area contributed by atoms with E-state index in [-0.39, 0.29) is 11.9 Å². The molecule has 1 atom stereocenters. The molecule has 5 heteroatoms. The van der Waals surface area contributed by atoms with Crippen LogP contribution in [0.2, 0.25) is 0 Å². The summed E-state index contributed by atoms with van der Waals surface area (Å²) in [6, 6.07) is 13.7. The second-order valence-corrected chi connectivity index (χ2v) is 10.8. The number of benzene rings is 2. The van der Waals surface area contributed by atoms with Crippen molar-refractivity contribution in [3.63, 3.8) is 0 Å². The van der Waals surface area contributed by atoms with Gasteiger partial charge in [0.1, 0.15) is 17.2 Å². The third-order valence-electron chi connectivity index (χ3n) is 7.62. The Balaban J connectivity index is 1.37. The highest BCUT2D eigenvalue weighted by Gasteiger charge is 2.26. The van der Waals surface area contributed by atoms with Crippen molar-refractivity contribution in [1.29, 1.82) is 0 Å². The summed E-state index contributed by atoms with van der Waals surface area (Å²) in [6.45, 7) is 7.40. The third kappa shape index (κ3) is 10.9. The van der Waals surface area contributed by atoms with Gasteiger partial charge in [-0.3, -0.25) is 4.79 Å².